The Morgan fingerprint density at radius 2 is 1.12 bits per heavy atom. The van der Waals surface area contributed by atoms with Crippen molar-refractivity contribution in [3.8, 4) is 11.1 Å². The van der Waals surface area contributed by atoms with Gasteiger partial charge in [0, 0.05) is 53.4 Å². The van der Waals surface area contributed by atoms with E-state index in [1.165, 1.54) is 36.7 Å². The van der Waals surface area contributed by atoms with E-state index in [-0.39, 0.29) is 0 Å². The lowest BCUT2D eigenvalue weighted by molar-refractivity contribution is 0.673. The first-order valence-electron chi connectivity index (χ1n) is 14.5. The third-order valence-electron chi connectivity index (χ3n) is 8.44. The molecule has 0 radical (unpaired) electrons. The maximum atomic E-state index is 6.46. The molecule has 43 heavy (non-hydrogen) atoms. The van der Waals surface area contributed by atoms with Crippen molar-refractivity contribution in [1.82, 2.24) is 0 Å². The van der Waals surface area contributed by atoms with Gasteiger partial charge in [-0.15, -0.1) is 11.3 Å². The second kappa shape index (κ2) is 9.59. The lowest BCUT2D eigenvalue weighted by Gasteiger charge is -2.25. The molecule has 2 aromatic heterocycles. The summed E-state index contributed by atoms with van der Waals surface area (Å²) >= 11 is 1.85. The molecule has 0 spiro atoms. The molecule has 202 valence electrons. The minimum atomic E-state index is 0.915. The van der Waals surface area contributed by atoms with Crippen LogP contribution in [0.15, 0.2) is 156 Å². The molecule has 3 heteroatoms. The minimum Gasteiger partial charge on any atom is -0.455 e. The van der Waals surface area contributed by atoms with Crippen LogP contribution in [0.1, 0.15) is 0 Å². The molecule has 0 aliphatic heterocycles. The van der Waals surface area contributed by atoms with Gasteiger partial charge in [-0.25, -0.2) is 0 Å². The van der Waals surface area contributed by atoms with Gasteiger partial charge in [0.05, 0.1) is 0 Å². The largest absolute Gasteiger partial charge is 0.455 e. The fraction of sp³-hybridized carbons (Fsp3) is 0. The Morgan fingerprint density at radius 1 is 0.465 bits per heavy atom. The highest BCUT2D eigenvalue weighted by Crippen LogP contribution is 2.43. The van der Waals surface area contributed by atoms with Crippen LogP contribution in [0, 0.1) is 0 Å². The number of fused-ring (bicyclic) bond motifs is 8. The number of thiophene rings is 1. The maximum Gasteiger partial charge on any atom is 0.143 e. The van der Waals surface area contributed by atoms with Gasteiger partial charge in [-0.1, -0.05) is 97.1 Å². The Balaban J connectivity index is 1.21. The third kappa shape index (κ3) is 3.86. The zero-order valence-electron chi connectivity index (χ0n) is 23.2. The Morgan fingerprint density at radius 3 is 1.98 bits per heavy atom. The number of rotatable bonds is 4. The van der Waals surface area contributed by atoms with Gasteiger partial charge < -0.3 is 9.32 Å². The number of para-hydroxylation sites is 2. The van der Waals surface area contributed by atoms with Crippen LogP contribution in [0.2, 0.25) is 0 Å². The van der Waals surface area contributed by atoms with Crippen LogP contribution in [0.3, 0.4) is 0 Å². The first-order valence-corrected chi connectivity index (χ1v) is 15.3. The van der Waals surface area contributed by atoms with Gasteiger partial charge in [-0.05, 0) is 71.1 Å². The third-order valence-corrected chi connectivity index (χ3v) is 9.58. The Kier molecular flexibility index (Phi) is 5.40. The lowest BCUT2D eigenvalue weighted by Crippen LogP contribution is -2.09. The number of benzene rings is 7. The van der Waals surface area contributed by atoms with Crippen molar-refractivity contribution in [1.29, 1.82) is 0 Å². The summed E-state index contributed by atoms with van der Waals surface area (Å²) in [4.78, 5) is 2.34. The van der Waals surface area contributed by atoms with E-state index in [2.05, 4.69) is 150 Å². The van der Waals surface area contributed by atoms with Crippen molar-refractivity contribution in [2.24, 2.45) is 0 Å². The van der Waals surface area contributed by atoms with E-state index < -0.39 is 0 Å². The number of anilines is 3. The van der Waals surface area contributed by atoms with Crippen LogP contribution in [-0.2, 0) is 0 Å². The van der Waals surface area contributed by atoms with Crippen LogP contribution in [-0.4, -0.2) is 0 Å². The summed E-state index contributed by atoms with van der Waals surface area (Å²) in [7, 11) is 0. The molecule has 0 aliphatic rings. The van der Waals surface area contributed by atoms with E-state index in [1.807, 2.05) is 17.4 Å². The van der Waals surface area contributed by atoms with Crippen molar-refractivity contribution in [3.63, 3.8) is 0 Å². The molecular weight excluding hydrogens is 543 g/mol. The fourth-order valence-electron chi connectivity index (χ4n) is 6.46. The predicted molar refractivity (Wildman–Crippen MR) is 184 cm³/mol. The summed E-state index contributed by atoms with van der Waals surface area (Å²) in [5, 5.41) is 7.25. The molecule has 0 saturated carbocycles. The molecule has 2 heterocycles. The molecule has 9 aromatic rings. The molecule has 0 unspecified atom stereocenters. The van der Waals surface area contributed by atoms with Crippen LogP contribution >= 0.6 is 11.3 Å². The summed E-state index contributed by atoms with van der Waals surface area (Å²) in [5.41, 5.74) is 7.60. The minimum absolute atomic E-state index is 0.915. The highest BCUT2D eigenvalue weighted by molar-refractivity contribution is 7.25. The first kappa shape index (κ1) is 24.2. The van der Waals surface area contributed by atoms with Crippen LogP contribution < -0.4 is 4.90 Å². The van der Waals surface area contributed by atoms with Crippen LogP contribution in [0.25, 0.3) is 64.0 Å². The van der Waals surface area contributed by atoms with Crippen LogP contribution in [0.4, 0.5) is 17.1 Å². The predicted octanol–water partition coefficient (Wildman–Crippen LogP) is 12.2. The molecule has 0 atom stereocenters. The molecule has 0 fully saturated rings. The van der Waals surface area contributed by atoms with Crippen molar-refractivity contribution < 1.29 is 4.42 Å². The van der Waals surface area contributed by atoms with E-state index in [4.69, 9.17) is 4.42 Å². The molecule has 0 N–H and O–H groups in total. The average Bonchev–Trinajstić information content (AvgIpc) is 3.64. The zero-order chi connectivity index (χ0) is 28.3. The van der Waals surface area contributed by atoms with Gasteiger partial charge >= 0.3 is 0 Å². The van der Waals surface area contributed by atoms with Crippen molar-refractivity contribution in [2.45, 2.75) is 0 Å². The molecule has 0 amide bonds. The van der Waals surface area contributed by atoms with Gasteiger partial charge in [0.15, 0.2) is 0 Å². The summed E-state index contributed by atoms with van der Waals surface area (Å²) in [5.74, 6) is 0. The van der Waals surface area contributed by atoms with E-state index in [9.17, 15) is 0 Å². The van der Waals surface area contributed by atoms with Crippen molar-refractivity contribution >= 4 is 81.3 Å². The van der Waals surface area contributed by atoms with Gasteiger partial charge in [-0.2, -0.15) is 0 Å². The quantitative estimate of drug-likeness (QED) is 0.210. The standard InChI is InChI=1S/C40H25NOS/c1-2-11-28(12-3-1)41(30-22-23-33-32-14-7-9-17-37(32)43-38(33)25-30)29-20-18-26(19-21-29)35-24-27-10-4-5-13-31(27)40-39(35)34-15-6-8-16-36(34)42-40/h1-25H. The second-order valence-electron chi connectivity index (χ2n) is 10.9. The highest BCUT2D eigenvalue weighted by Gasteiger charge is 2.18. The summed E-state index contributed by atoms with van der Waals surface area (Å²) < 4.78 is 9.07. The number of nitrogens with zero attached hydrogens (tertiary/aromatic N) is 1. The number of hydrogen-bond acceptors (Lipinski definition) is 3. The number of furan rings is 1. The normalized spacial score (nSPS) is 11.7. The maximum absolute atomic E-state index is 6.46. The fourth-order valence-corrected chi connectivity index (χ4v) is 7.59. The van der Waals surface area contributed by atoms with Gasteiger partial charge in [0.2, 0.25) is 0 Å². The zero-order valence-corrected chi connectivity index (χ0v) is 24.0. The monoisotopic (exact) mass is 567 g/mol. The summed E-state index contributed by atoms with van der Waals surface area (Å²) in [6, 6.07) is 54.2. The molecule has 0 aliphatic carbocycles. The SMILES string of the molecule is c1ccc(N(c2ccc(-c3cc4ccccc4c4oc5ccccc5c34)cc2)c2ccc3c(c2)sc2ccccc23)cc1. The number of hydrogen-bond donors (Lipinski definition) is 0. The Hall–Kier alpha value is -5.38. The van der Waals surface area contributed by atoms with Gasteiger partial charge in [0.1, 0.15) is 11.2 Å². The molecule has 2 nitrogen and oxygen atoms in total. The smallest absolute Gasteiger partial charge is 0.143 e. The first-order chi connectivity index (χ1) is 21.3. The molecular formula is C40H25NOS. The van der Waals surface area contributed by atoms with Crippen molar-refractivity contribution in [3.05, 3.63) is 152 Å². The van der Waals surface area contributed by atoms with Gasteiger partial charge in [-0.3, -0.25) is 0 Å². The lowest BCUT2D eigenvalue weighted by atomic mass is 9.95. The van der Waals surface area contributed by atoms with Crippen LogP contribution in [0.5, 0.6) is 0 Å². The van der Waals surface area contributed by atoms with E-state index in [0.717, 1.165) is 44.4 Å². The Labute approximate surface area is 252 Å². The Bertz CT molecular complexity index is 2450. The molecule has 0 saturated heterocycles. The average molecular weight is 568 g/mol. The van der Waals surface area contributed by atoms with E-state index in [1.54, 1.807) is 0 Å². The van der Waals surface area contributed by atoms with E-state index in [0.29, 0.717) is 0 Å². The van der Waals surface area contributed by atoms with E-state index >= 15 is 0 Å². The molecule has 9 rings (SSSR count). The highest BCUT2D eigenvalue weighted by atomic mass is 32.1. The summed E-state index contributed by atoms with van der Waals surface area (Å²) in [6.07, 6.45) is 0. The molecule has 7 aromatic carbocycles. The van der Waals surface area contributed by atoms with Crippen molar-refractivity contribution in [2.75, 3.05) is 4.90 Å². The van der Waals surface area contributed by atoms with Gasteiger partial charge in [0.25, 0.3) is 0 Å². The second-order valence-corrected chi connectivity index (χ2v) is 12.0. The summed E-state index contributed by atoms with van der Waals surface area (Å²) in [6.45, 7) is 0. The topological polar surface area (TPSA) is 16.4 Å². The molecule has 0 bridgehead atoms.